The van der Waals surface area contributed by atoms with E-state index in [1.54, 1.807) is 0 Å². The average Bonchev–Trinajstić information content (AvgIpc) is 2.41. The summed E-state index contributed by atoms with van der Waals surface area (Å²) >= 11 is 0. The summed E-state index contributed by atoms with van der Waals surface area (Å²) in [5.74, 6) is -1.03. The fourth-order valence-corrected chi connectivity index (χ4v) is 1.52. The van der Waals surface area contributed by atoms with Crippen LogP contribution in [0.5, 0.6) is 0 Å². The van der Waals surface area contributed by atoms with Crippen LogP contribution in [0.4, 0.5) is 13.2 Å². The highest BCUT2D eigenvalue weighted by molar-refractivity contribution is 5.97. The molecule has 0 aliphatic carbocycles. The van der Waals surface area contributed by atoms with E-state index in [0.717, 1.165) is 12.1 Å². The van der Waals surface area contributed by atoms with Crippen molar-refractivity contribution in [1.29, 1.82) is 0 Å². The Hall–Kier alpha value is -1.85. The predicted molar refractivity (Wildman–Crippen MR) is 66.3 cm³/mol. The minimum Gasteiger partial charge on any atom is -0.466 e. The Morgan fingerprint density at radius 2 is 1.90 bits per heavy atom. The number of hydrogen-bond acceptors (Lipinski definition) is 3. The highest BCUT2D eigenvalue weighted by atomic mass is 19.4. The number of hydrogen-bond donors (Lipinski definition) is 0. The van der Waals surface area contributed by atoms with Crippen LogP contribution < -0.4 is 0 Å². The molecular weight excluding hydrogens is 273 g/mol. The van der Waals surface area contributed by atoms with Gasteiger partial charge in [-0.25, -0.2) is 0 Å². The van der Waals surface area contributed by atoms with Crippen LogP contribution in [0.2, 0.25) is 0 Å². The molecule has 0 aliphatic rings. The van der Waals surface area contributed by atoms with E-state index in [-0.39, 0.29) is 25.0 Å². The molecule has 3 nitrogen and oxygen atoms in total. The lowest BCUT2D eigenvalue weighted by atomic mass is 10.0. The van der Waals surface area contributed by atoms with E-state index in [1.807, 2.05) is 6.92 Å². The molecule has 0 bridgehead atoms. The minimum absolute atomic E-state index is 0.0527. The molecule has 0 N–H and O–H groups in total. The van der Waals surface area contributed by atoms with Gasteiger partial charge in [0.1, 0.15) is 0 Å². The van der Waals surface area contributed by atoms with Gasteiger partial charge in [-0.1, -0.05) is 19.1 Å². The molecule has 20 heavy (non-hydrogen) atoms. The molecule has 0 unspecified atom stereocenters. The maximum Gasteiger partial charge on any atom is 0.416 e. The van der Waals surface area contributed by atoms with Gasteiger partial charge in [-0.05, 0) is 18.6 Å². The topological polar surface area (TPSA) is 43.4 Å². The number of rotatable bonds is 6. The van der Waals surface area contributed by atoms with Gasteiger partial charge in [0, 0.05) is 12.0 Å². The molecule has 6 heteroatoms. The third kappa shape index (κ3) is 5.03. The van der Waals surface area contributed by atoms with Gasteiger partial charge in [-0.2, -0.15) is 13.2 Å². The van der Waals surface area contributed by atoms with Crippen LogP contribution in [-0.4, -0.2) is 18.4 Å². The lowest BCUT2D eigenvalue weighted by molar-refractivity contribution is -0.143. The number of ether oxygens (including phenoxy) is 1. The minimum atomic E-state index is -4.49. The molecule has 110 valence electrons. The summed E-state index contributed by atoms with van der Waals surface area (Å²) in [5, 5.41) is 0. The number of carbonyl (C=O) groups excluding carboxylic acids is 2. The highest BCUT2D eigenvalue weighted by Crippen LogP contribution is 2.29. The van der Waals surface area contributed by atoms with Crippen molar-refractivity contribution >= 4 is 11.8 Å². The van der Waals surface area contributed by atoms with E-state index < -0.39 is 23.5 Å². The quantitative estimate of drug-likeness (QED) is 0.593. The molecule has 1 aromatic rings. The summed E-state index contributed by atoms with van der Waals surface area (Å²) in [7, 11) is 0. The van der Waals surface area contributed by atoms with Crippen LogP contribution in [0.1, 0.15) is 42.1 Å². The summed E-state index contributed by atoms with van der Waals surface area (Å²) in [6, 6.07) is 4.16. The van der Waals surface area contributed by atoms with Gasteiger partial charge in [-0.15, -0.1) is 0 Å². The lowest BCUT2D eigenvalue weighted by Crippen LogP contribution is -2.10. The SMILES string of the molecule is CCCOC(=O)CCC(=O)c1cccc(C(F)(F)F)c1. The van der Waals surface area contributed by atoms with Crippen molar-refractivity contribution in [1.82, 2.24) is 0 Å². The number of carbonyl (C=O) groups is 2. The van der Waals surface area contributed by atoms with E-state index in [4.69, 9.17) is 4.74 Å². The number of Topliss-reactive ketones (excluding diaryl/α,β-unsaturated/α-hetero) is 1. The van der Waals surface area contributed by atoms with Crippen LogP contribution in [-0.2, 0) is 15.7 Å². The second kappa shape index (κ2) is 7.07. The molecule has 0 fully saturated rings. The Morgan fingerprint density at radius 3 is 2.50 bits per heavy atom. The molecule has 0 saturated carbocycles. The van der Waals surface area contributed by atoms with Gasteiger partial charge in [0.05, 0.1) is 18.6 Å². The zero-order valence-electron chi connectivity index (χ0n) is 11.0. The van der Waals surface area contributed by atoms with Gasteiger partial charge in [0.25, 0.3) is 0 Å². The van der Waals surface area contributed by atoms with Gasteiger partial charge in [0.15, 0.2) is 5.78 Å². The van der Waals surface area contributed by atoms with Crippen molar-refractivity contribution in [3.8, 4) is 0 Å². The van der Waals surface area contributed by atoms with E-state index in [1.165, 1.54) is 12.1 Å². The smallest absolute Gasteiger partial charge is 0.416 e. The zero-order chi connectivity index (χ0) is 15.2. The third-order valence-electron chi connectivity index (χ3n) is 2.54. The number of esters is 1. The van der Waals surface area contributed by atoms with Crippen molar-refractivity contribution in [3.05, 3.63) is 35.4 Å². The maximum atomic E-state index is 12.5. The number of halogens is 3. The standard InChI is InChI=1S/C14H15F3O3/c1-2-8-20-13(19)7-6-12(18)10-4-3-5-11(9-10)14(15,16)17/h3-5,9H,2,6-8H2,1H3. The summed E-state index contributed by atoms with van der Waals surface area (Å²) in [5.41, 5.74) is -0.931. The first-order valence-electron chi connectivity index (χ1n) is 6.20. The van der Waals surface area contributed by atoms with Crippen molar-refractivity contribution in [2.75, 3.05) is 6.61 Å². The molecule has 0 aliphatic heterocycles. The zero-order valence-corrected chi connectivity index (χ0v) is 11.0. The van der Waals surface area contributed by atoms with Crippen LogP contribution in [0, 0.1) is 0 Å². The van der Waals surface area contributed by atoms with Gasteiger partial charge >= 0.3 is 12.1 Å². The first-order valence-corrected chi connectivity index (χ1v) is 6.20. The second-order valence-corrected chi connectivity index (χ2v) is 4.22. The van der Waals surface area contributed by atoms with Crippen LogP contribution in [0.15, 0.2) is 24.3 Å². The summed E-state index contributed by atoms with van der Waals surface area (Å²) in [4.78, 5) is 22.9. The van der Waals surface area contributed by atoms with Crippen LogP contribution >= 0.6 is 0 Å². The van der Waals surface area contributed by atoms with Crippen molar-refractivity contribution in [2.45, 2.75) is 32.4 Å². The molecule has 0 amide bonds. The molecule has 0 aromatic heterocycles. The normalized spacial score (nSPS) is 11.2. The molecule has 0 radical (unpaired) electrons. The molecule has 0 saturated heterocycles. The molecule has 0 spiro atoms. The Morgan fingerprint density at radius 1 is 1.20 bits per heavy atom. The molecular formula is C14H15F3O3. The van der Waals surface area contributed by atoms with Crippen LogP contribution in [0.3, 0.4) is 0 Å². The maximum absolute atomic E-state index is 12.5. The van der Waals surface area contributed by atoms with E-state index in [2.05, 4.69) is 0 Å². The van der Waals surface area contributed by atoms with Gasteiger partial charge in [0.2, 0.25) is 0 Å². The highest BCUT2D eigenvalue weighted by Gasteiger charge is 2.30. The fourth-order valence-electron chi connectivity index (χ4n) is 1.52. The van der Waals surface area contributed by atoms with E-state index >= 15 is 0 Å². The van der Waals surface area contributed by atoms with Crippen LogP contribution in [0.25, 0.3) is 0 Å². The van der Waals surface area contributed by atoms with Crippen molar-refractivity contribution < 1.29 is 27.5 Å². The Bertz CT molecular complexity index is 481. The van der Waals surface area contributed by atoms with Gasteiger partial charge in [-0.3, -0.25) is 9.59 Å². The largest absolute Gasteiger partial charge is 0.466 e. The first kappa shape index (κ1) is 16.2. The first-order chi connectivity index (χ1) is 9.34. The Labute approximate surface area is 114 Å². The predicted octanol–water partition coefficient (Wildman–Crippen LogP) is 3.62. The van der Waals surface area contributed by atoms with E-state index in [0.29, 0.717) is 6.42 Å². The Balaban J connectivity index is 2.62. The van der Waals surface area contributed by atoms with Crippen molar-refractivity contribution in [2.24, 2.45) is 0 Å². The summed E-state index contributed by atoms with van der Waals surface area (Å²) < 4.78 is 42.3. The third-order valence-corrected chi connectivity index (χ3v) is 2.54. The molecule has 0 atom stereocenters. The monoisotopic (exact) mass is 288 g/mol. The lowest BCUT2D eigenvalue weighted by Gasteiger charge is -2.08. The Kier molecular flexibility index (Phi) is 5.73. The molecule has 1 aromatic carbocycles. The average molecular weight is 288 g/mol. The molecule has 0 heterocycles. The number of benzene rings is 1. The van der Waals surface area contributed by atoms with E-state index in [9.17, 15) is 22.8 Å². The summed E-state index contributed by atoms with van der Waals surface area (Å²) in [6.07, 6.45) is -4.11. The summed E-state index contributed by atoms with van der Waals surface area (Å²) in [6.45, 7) is 2.11. The fraction of sp³-hybridized carbons (Fsp3) is 0.429. The number of alkyl halides is 3. The second-order valence-electron chi connectivity index (χ2n) is 4.22. The van der Waals surface area contributed by atoms with Gasteiger partial charge < -0.3 is 4.74 Å². The number of ketones is 1. The molecule has 1 rings (SSSR count). The van der Waals surface area contributed by atoms with Crippen molar-refractivity contribution in [3.63, 3.8) is 0 Å².